The second-order valence-electron chi connectivity index (χ2n) is 8.01. The quantitative estimate of drug-likeness (QED) is 0.311. The van der Waals surface area contributed by atoms with Gasteiger partial charge in [-0.05, 0) is 60.0 Å². The predicted octanol–water partition coefficient (Wildman–Crippen LogP) is 4.04. The summed E-state index contributed by atoms with van der Waals surface area (Å²) in [5.74, 6) is -0.995. The number of likely N-dealkylation sites (tertiary alicyclic amines) is 1. The molecule has 7 nitrogen and oxygen atoms in total. The Hall–Kier alpha value is -3.97. The van der Waals surface area contributed by atoms with Crippen LogP contribution < -0.4 is 4.74 Å². The lowest BCUT2D eigenvalue weighted by atomic mass is 9.96. The molecule has 0 saturated carbocycles. The molecule has 1 saturated heterocycles. The fourth-order valence-electron chi connectivity index (χ4n) is 3.99. The summed E-state index contributed by atoms with van der Waals surface area (Å²) in [4.78, 5) is 31.2. The number of rotatable bonds is 8. The van der Waals surface area contributed by atoms with Crippen molar-refractivity contribution in [2.75, 3.05) is 20.3 Å². The van der Waals surface area contributed by atoms with Crippen LogP contribution in [-0.4, -0.2) is 46.9 Å². The molecule has 174 valence electrons. The molecule has 1 amide bonds. The first-order valence-electron chi connectivity index (χ1n) is 11.0. The summed E-state index contributed by atoms with van der Waals surface area (Å²) in [6, 6.07) is 17.5. The Morgan fingerprint density at radius 2 is 1.74 bits per heavy atom. The van der Waals surface area contributed by atoms with E-state index in [1.54, 1.807) is 48.8 Å². The van der Waals surface area contributed by atoms with Gasteiger partial charge in [-0.1, -0.05) is 24.3 Å². The molecule has 3 aromatic rings. The van der Waals surface area contributed by atoms with Gasteiger partial charge in [0, 0.05) is 31.6 Å². The van der Waals surface area contributed by atoms with E-state index in [-0.39, 0.29) is 24.5 Å². The van der Waals surface area contributed by atoms with Crippen molar-refractivity contribution in [1.29, 1.82) is 0 Å². The van der Waals surface area contributed by atoms with E-state index in [1.807, 2.05) is 31.2 Å². The number of ether oxygens (including phenoxy) is 2. The van der Waals surface area contributed by atoms with Crippen LogP contribution >= 0.6 is 0 Å². The maximum Gasteiger partial charge on any atom is 0.295 e. The summed E-state index contributed by atoms with van der Waals surface area (Å²) in [7, 11) is 1.53. The normalized spacial score (nSPS) is 17.2. The summed E-state index contributed by atoms with van der Waals surface area (Å²) in [6.07, 6.45) is 3.18. The number of carbonyl (C=O) groups excluding carboxylic acids is 2. The number of aryl methyl sites for hydroxylation is 1. The fraction of sp³-hybridized carbons (Fsp3) is 0.222. The topological polar surface area (TPSA) is 89.0 Å². The Morgan fingerprint density at radius 1 is 1.03 bits per heavy atom. The lowest BCUT2D eigenvalue weighted by Crippen LogP contribution is -2.32. The molecule has 4 rings (SSSR count). The SMILES string of the molecule is COCCN1C(=O)C(=O)C(=C(O)c2ccc(OCc3ccccc3C)cc2)[C@H]1c1ccncc1. The number of Topliss-reactive ketones (excluding diaryl/α,β-unsaturated/α-hetero) is 1. The molecule has 1 aromatic heterocycles. The van der Waals surface area contributed by atoms with Crippen molar-refractivity contribution < 1.29 is 24.2 Å². The molecule has 0 bridgehead atoms. The van der Waals surface area contributed by atoms with E-state index in [0.29, 0.717) is 23.5 Å². The van der Waals surface area contributed by atoms with Crippen LogP contribution in [0.1, 0.15) is 28.3 Å². The predicted molar refractivity (Wildman–Crippen MR) is 127 cm³/mol. The summed E-state index contributed by atoms with van der Waals surface area (Å²) in [5.41, 5.74) is 3.38. The zero-order valence-electron chi connectivity index (χ0n) is 19.1. The standard InChI is InChI=1S/C27H26N2O5/c1-18-5-3-4-6-21(18)17-34-22-9-7-20(8-10-22)25(30)23-24(19-11-13-28-14-12-19)29(15-16-33-2)27(32)26(23)31/h3-14,24,30H,15-17H2,1-2H3/t24-/m1/s1. The number of aliphatic hydroxyl groups excluding tert-OH is 1. The smallest absolute Gasteiger partial charge is 0.295 e. The van der Waals surface area contributed by atoms with Gasteiger partial charge in [-0.15, -0.1) is 0 Å². The number of nitrogens with zero attached hydrogens (tertiary/aromatic N) is 2. The monoisotopic (exact) mass is 458 g/mol. The lowest BCUT2D eigenvalue weighted by molar-refractivity contribution is -0.140. The Balaban J connectivity index is 1.63. The second kappa shape index (κ2) is 10.3. The molecular weight excluding hydrogens is 432 g/mol. The number of benzene rings is 2. The van der Waals surface area contributed by atoms with E-state index < -0.39 is 17.7 Å². The lowest BCUT2D eigenvalue weighted by Gasteiger charge is -2.24. The second-order valence-corrected chi connectivity index (χ2v) is 8.01. The van der Waals surface area contributed by atoms with Crippen molar-refractivity contribution in [3.8, 4) is 5.75 Å². The molecule has 0 spiro atoms. The number of aliphatic hydroxyl groups is 1. The number of aromatic nitrogens is 1. The number of hydrogen-bond donors (Lipinski definition) is 1. The maximum absolute atomic E-state index is 12.9. The van der Waals surface area contributed by atoms with Crippen molar-refractivity contribution in [3.63, 3.8) is 0 Å². The average Bonchev–Trinajstić information content (AvgIpc) is 3.12. The van der Waals surface area contributed by atoms with E-state index in [2.05, 4.69) is 4.98 Å². The molecule has 2 heterocycles. The third kappa shape index (κ3) is 4.70. The van der Waals surface area contributed by atoms with Crippen molar-refractivity contribution in [1.82, 2.24) is 9.88 Å². The van der Waals surface area contributed by atoms with Crippen LogP contribution in [0.3, 0.4) is 0 Å². The summed E-state index contributed by atoms with van der Waals surface area (Å²) >= 11 is 0. The van der Waals surface area contributed by atoms with Gasteiger partial charge in [0.2, 0.25) is 0 Å². The minimum atomic E-state index is -0.727. The highest BCUT2D eigenvalue weighted by Gasteiger charge is 2.45. The van der Waals surface area contributed by atoms with Crippen LogP contribution in [0.2, 0.25) is 0 Å². The van der Waals surface area contributed by atoms with Crippen LogP contribution in [-0.2, 0) is 20.9 Å². The minimum Gasteiger partial charge on any atom is -0.507 e. The average molecular weight is 459 g/mol. The van der Waals surface area contributed by atoms with Crippen molar-refractivity contribution >= 4 is 17.4 Å². The number of carbonyl (C=O) groups is 2. The Morgan fingerprint density at radius 3 is 2.41 bits per heavy atom. The summed E-state index contributed by atoms with van der Waals surface area (Å²) < 4.78 is 11.0. The van der Waals surface area contributed by atoms with Crippen LogP contribution in [0.5, 0.6) is 5.75 Å². The van der Waals surface area contributed by atoms with Gasteiger partial charge in [-0.2, -0.15) is 0 Å². The van der Waals surface area contributed by atoms with E-state index >= 15 is 0 Å². The van der Waals surface area contributed by atoms with Gasteiger partial charge in [0.1, 0.15) is 18.1 Å². The van der Waals surface area contributed by atoms with E-state index in [1.165, 1.54) is 12.0 Å². The molecule has 34 heavy (non-hydrogen) atoms. The van der Waals surface area contributed by atoms with E-state index in [0.717, 1.165) is 11.1 Å². The van der Waals surface area contributed by atoms with Gasteiger partial charge in [0.15, 0.2) is 0 Å². The van der Waals surface area contributed by atoms with Gasteiger partial charge in [0.25, 0.3) is 11.7 Å². The van der Waals surface area contributed by atoms with Gasteiger partial charge in [-0.25, -0.2) is 0 Å². The molecule has 0 radical (unpaired) electrons. The molecule has 1 fully saturated rings. The van der Waals surface area contributed by atoms with Crippen LogP contribution in [0.4, 0.5) is 0 Å². The number of amides is 1. The zero-order valence-corrected chi connectivity index (χ0v) is 19.1. The number of pyridine rings is 1. The maximum atomic E-state index is 12.9. The highest BCUT2D eigenvalue weighted by Crippen LogP contribution is 2.39. The minimum absolute atomic E-state index is 0.0425. The first-order valence-corrected chi connectivity index (χ1v) is 11.0. The molecule has 1 aliphatic rings. The molecule has 1 N–H and O–H groups in total. The first kappa shape index (κ1) is 23.2. The Kier molecular flexibility index (Phi) is 7.04. The van der Waals surface area contributed by atoms with Crippen LogP contribution in [0, 0.1) is 6.92 Å². The van der Waals surface area contributed by atoms with Crippen LogP contribution in [0.15, 0.2) is 78.6 Å². The van der Waals surface area contributed by atoms with Crippen molar-refractivity contribution in [2.45, 2.75) is 19.6 Å². The van der Waals surface area contributed by atoms with Crippen molar-refractivity contribution in [3.05, 3.63) is 101 Å². The van der Waals surface area contributed by atoms with Crippen molar-refractivity contribution in [2.24, 2.45) is 0 Å². The molecule has 0 unspecified atom stereocenters. The molecule has 7 heteroatoms. The number of methoxy groups -OCH3 is 1. The highest BCUT2D eigenvalue weighted by atomic mass is 16.5. The molecule has 1 atom stereocenters. The molecular formula is C27H26N2O5. The van der Waals surface area contributed by atoms with Gasteiger partial charge in [0.05, 0.1) is 18.2 Å². The third-order valence-corrected chi connectivity index (χ3v) is 5.88. The molecule has 1 aliphatic heterocycles. The van der Waals surface area contributed by atoms with Gasteiger partial charge < -0.3 is 19.5 Å². The largest absolute Gasteiger partial charge is 0.507 e. The molecule has 2 aromatic carbocycles. The highest BCUT2D eigenvalue weighted by molar-refractivity contribution is 6.46. The Bertz CT molecular complexity index is 1210. The number of ketones is 1. The zero-order chi connectivity index (χ0) is 24.1. The van der Waals surface area contributed by atoms with Gasteiger partial charge >= 0.3 is 0 Å². The third-order valence-electron chi connectivity index (χ3n) is 5.88. The summed E-state index contributed by atoms with van der Waals surface area (Å²) in [6.45, 7) is 2.93. The van der Waals surface area contributed by atoms with E-state index in [9.17, 15) is 14.7 Å². The van der Waals surface area contributed by atoms with E-state index in [4.69, 9.17) is 9.47 Å². The first-order chi connectivity index (χ1) is 16.5. The fourth-order valence-corrected chi connectivity index (χ4v) is 3.99. The molecule has 0 aliphatic carbocycles. The van der Waals surface area contributed by atoms with Crippen LogP contribution in [0.25, 0.3) is 5.76 Å². The summed E-state index contributed by atoms with van der Waals surface area (Å²) in [5, 5.41) is 11.1. The van der Waals surface area contributed by atoms with Gasteiger partial charge in [-0.3, -0.25) is 14.6 Å². The Labute approximate surface area is 198 Å². The number of hydrogen-bond acceptors (Lipinski definition) is 6.